The van der Waals surface area contributed by atoms with Crippen LogP contribution in [0.4, 0.5) is 0 Å². The third kappa shape index (κ3) is 5.38. The molecule has 19 heavy (non-hydrogen) atoms. The Morgan fingerprint density at radius 2 is 1.63 bits per heavy atom. The molecule has 114 valence electrons. The van der Waals surface area contributed by atoms with Crippen LogP contribution in [0.25, 0.3) is 0 Å². The largest absolute Gasteiger partial charge is 0.394 e. The summed E-state index contributed by atoms with van der Waals surface area (Å²) in [5, 5.41) is 12.9. The zero-order valence-electron chi connectivity index (χ0n) is 13.5. The molecule has 1 rings (SSSR count). The van der Waals surface area contributed by atoms with Gasteiger partial charge in [-0.05, 0) is 40.7 Å². The molecular formula is C15H33N3O. The molecule has 1 aliphatic heterocycles. The molecule has 1 aliphatic rings. The third-order valence-corrected chi connectivity index (χ3v) is 4.25. The van der Waals surface area contributed by atoms with Gasteiger partial charge in [0, 0.05) is 43.8 Å². The van der Waals surface area contributed by atoms with Crippen LogP contribution >= 0.6 is 0 Å². The molecule has 1 heterocycles. The molecule has 1 saturated heterocycles. The van der Waals surface area contributed by atoms with E-state index in [1.165, 1.54) is 0 Å². The Morgan fingerprint density at radius 3 is 2.05 bits per heavy atom. The van der Waals surface area contributed by atoms with E-state index in [4.69, 9.17) is 0 Å². The number of nitrogens with one attached hydrogen (secondary N) is 1. The van der Waals surface area contributed by atoms with Gasteiger partial charge in [0.1, 0.15) is 0 Å². The molecule has 1 unspecified atom stereocenters. The van der Waals surface area contributed by atoms with Gasteiger partial charge in [-0.1, -0.05) is 6.92 Å². The quantitative estimate of drug-likeness (QED) is 0.760. The van der Waals surface area contributed by atoms with Gasteiger partial charge in [0.05, 0.1) is 6.61 Å². The Labute approximate surface area is 119 Å². The van der Waals surface area contributed by atoms with E-state index in [1.807, 2.05) is 0 Å². The Bertz CT molecular complexity index is 257. The number of piperazine rings is 1. The number of hydrogen-bond donors (Lipinski definition) is 2. The minimum absolute atomic E-state index is 0.129. The summed E-state index contributed by atoms with van der Waals surface area (Å²) in [5.74, 6) is 0. The van der Waals surface area contributed by atoms with Gasteiger partial charge in [0.15, 0.2) is 0 Å². The molecule has 4 nitrogen and oxygen atoms in total. The second kappa shape index (κ2) is 7.02. The van der Waals surface area contributed by atoms with E-state index in [2.05, 4.69) is 49.7 Å². The van der Waals surface area contributed by atoms with E-state index < -0.39 is 0 Å². The molecule has 0 aromatic carbocycles. The molecule has 0 aliphatic carbocycles. The summed E-state index contributed by atoms with van der Waals surface area (Å²) in [7, 11) is 0. The average molecular weight is 271 g/mol. The standard InChI is InChI=1S/C15H33N3O/c1-6-16-15(5,13-19)7-8-17-9-11-18(12-10-17)14(2,3)4/h16,19H,6-13H2,1-5H3. The first-order chi connectivity index (χ1) is 8.80. The van der Waals surface area contributed by atoms with Gasteiger partial charge in [-0.3, -0.25) is 4.90 Å². The number of aliphatic hydroxyl groups is 1. The van der Waals surface area contributed by atoms with Crippen LogP contribution in [-0.2, 0) is 0 Å². The second-order valence-corrected chi connectivity index (χ2v) is 7.00. The average Bonchev–Trinajstić information content (AvgIpc) is 2.36. The maximum atomic E-state index is 9.51. The van der Waals surface area contributed by atoms with Crippen molar-refractivity contribution in [1.82, 2.24) is 15.1 Å². The van der Waals surface area contributed by atoms with Crippen molar-refractivity contribution in [2.75, 3.05) is 45.9 Å². The SMILES string of the molecule is CCNC(C)(CO)CCN1CCN(C(C)(C)C)CC1. The molecule has 0 bridgehead atoms. The molecule has 2 N–H and O–H groups in total. The molecule has 4 heteroatoms. The van der Waals surface area contributed by atoms with Crippen molar-refractivity contribution in [2.24, 2.45) is 0 Å². The second-order valence-electron chi connectivity index (χ2n) is 7.00. The first kappa shape index (κ1) is 16.9. The Morgan fingerprint density at radius 1 is 1.05 bits per heavy atom. The smallest absolute Gasteiger partial charge is 0.0611 e. The van der Waals surface area contributed by atoms with E-state index in [1.54, 1.807) is 0 Å². The minimum Gasteiger partial charge on any atom is -0.394 e. The van der Waals surface area contributed by atoms with Crippen molar-refractivity contribution < 1.29 is 5.11 Å². The van der Waals surface area contributed by atoms with Crippen molar-refractivity contribution in [1.29, 1.82) is 0 Å². The lowest BCUT2D eigenvalue weighted by Crippen LogP contribution is -2.55. The Balaban J connectivity index is 2.33. The van der Waals surface area contributed by atoms with Crippen molar-refractivity contribution in [2.45, 2.75) is 52.1 Å². The maximum Gasteiger partial charge on any atom is 0.0611 e. The lowest BCUT2D eigenvalue weighted by molar-refractivity contribution is 0.0548. The van der Waals surface area contributed by atoms with Gasteiger partial charge in [-0.25, -0.2) is 0 Å². The highest BCUT2D eigenvalue weighted by molar-refractivity contribution is 4.86. The highest BCUT2D eigenvalue weighted by Gasteiger charge is 2.27. The van der Waals surface area contributed by atoms with Crippen molar-refractivity contribution >= 4 is 0 Å². The van der Waals surface area contributed by atoms with Crippen molar-refractivity contribution in [3.8, 4) is 0 Å². The Kier molecular flexibility index (Phi) is 6.24. The lowest BCUT2D eigenvalue weighted by Gasteiger charge is -2.43. The van der Waals surface area contributed by atoms with Crippen LogP contribution in [0.3, 0.4) is 0 Å². The van der Waals surface area contributed by atoms with Crippen LogP contribution in [0.15, 0.2) is 0 Å². The summed E-state index contributed by atoms with van der Waals surface area (Å²) < 4.78 is 0. The van der Waals surface area contributed by atoms with Crippen LogP contribution in [-0.4, -0.2) is 71.9 Å². The number of likely N-dealkylation sites (N-methyl/N-ethyl adjacent to an activating group) is 1. The fourth-order valence-corrected chi connectivity index (χ4v) is 2.70. The van der Waals surface area contributed by atoms with Gasteiger partial charge in [-0.15, -0.1) is 0 Å². The highest BCUT2D eigenvalue weighted by atomic mass is 16.3. The van der Waals surface area contributed by atoms with Crippen molar-refractivity contribution in [3.05, 3.63) is 0 Å². The molecule has 1 fully saturated rings. The summed E-state index contributed by atoms with van der Waals surface area (Å²) in [4.78, 5) is 5.08. The van der Waals surface area contributed by atoms with Gasteiger partial charge in [-0.2, -0.15) is 0 Å². The summed E-state index contributed by atoms with van der Waals surface area (Å²) in [6.45, 7) is 17.9. The predicted molar refractivity (Wildman–Crippen MR) is 81.6 cm³/mol. The third-order valence-electron chi connectivity index (χ3n) is 4.25. The summed E-state index contributed by atoms with van der Waals surface area (Å²) in [5.41, 5.74) is 0.158. The molecule has 1 atom stereocenters. The van der Waals surface area contributed by atoms with Crippen LogP contribution in [0.5, 0.6) is 0 Å². The fraction of sp³-hybridized carbons (Fsp3) is 1.00. The van der Waals surface area contributed by atoms with Crippen LogP contribution in [0, 0.1) is 0 Å². The number of nitrogens with zero attached hydrogens (tertiary/aromatic N) is 2. The van der Waals surface area contributed by atoms with Gasteiger partial charge in [0.25, 0.3) is 0 Å². The molecule has 0 aromatic heterocycles. The van der Waals surface area contributed by atoms with E-state index in [9.17, 15) is 5.11 Å². The first-order valence-corrected chi connectivity index (χ1v) is 7.64. The molecular weight excluding hydrogens is 238 g/mol. The highest BCUT2D eigenvalue weighted by Crippen LogP contribution is 2.17. The monoisotopic (exact) mass is 271 g/mol. The van der Waals surface area contributed by atoms with Gasteiger partial charge < -0.3 is 15.3 Å². The zero-order valence-corrected chi connectivity index (χ0v) is 13.5. The molecule has 0 radical (unpaired) electrons. The normalized spacial score (nSPS) is 22.4. The van der Waals surface area contributed by atoms with Crippen LogP contribution in [0.2, 0.25) is 0 Å². The predicted octanol–water partition coefficient (Wildman–Crippen LogP) is 1.15. The topological polar surface area (TPSA) is 38.7 Å². The summed E-state index contributed by atoms with van der Waals surface area (Å²) in [6.07, 6.45) is 1.01. The first-order valence-electron chi connectivity index (χ1n) is 7.64. The minimum atomic E-state index is -0.129. The fourth-order valence-electron chi connectivity index (χ4n) is 2.70. The molecule has 0 amide bonds. The van der Waals surface area contributed by atoms with Crippen LogP contribution in [0.1, 0.15) is 41.0 Å². The summed E-state index contributed by atoms with van der Waals surface area (Å²) in [6, 6.07) is 0. The van der Waals surface area contributed by atoms with Gasteiger partial charge in [0.2, 0.25) is 0 Å². The van der Waals surface area contributed by atoms with E-state index in [-0.39, 0.29) is 17.7 Å². The van der Waals surface area contributed by atoms with E-state index >= 15 is 0 Å². The number of aliphatic hydroxyl groups excluding tert-OH is 1. The van der Waals surface area contributed by atoms with Crippen molar-refractivity contribution in [3.63, 3.8) is 0 Å². The Hall–Kier alpha value is -0.160. The maximum absolute atomic E-state index is 9.51. The number of rotatable bonds is 6. The molecule has 0 aromatic rings. The zero-order chi connectivity index (χ0) is 14.5. The summed E-state index contributed by atoms with van der Waals surface area (Å²) >= 11 is 0. The molecule has 0 saturated carbocycles. The van der Waals surface area contributed by atoms with Crippen LogP contribution < -0.4 is 5.32 Å². The number of hydrogen-bond acceptors (Lipinski definition) is 4. The molecule has 0 spiro atoms. The van der Waals surface area contributed by atoms with E-state index in [0.717, 1.165) is 45.7 Å². The van der Waals surface area contributed by atoms with E-state index in [0.29, 0.717) is 0 Å². The van der Waals surface area contributed by atoms with Gasteiger partial charge >= 0.3 is 0 Å². The lowest BCUT2D eigenvalue weighted by atomic mass is 9.98.